The third-order valence-electron chi connectivity index (χ3n) is 4.46. The Kier molecular flexibility index (Phi) is 4.57. The molecule has 0 saturated carbocycles. The van der Waals surface area contributed by atoms with Crippen molar-refractivity contribution in [2.45, 2.75) is 5.92 Å². The number of rotatable bonds is 3. The SMILES string of the molecule is COc1ccc(C2C(C#N)=C(N)Oc3c2c(-c2cccs2)nn3C)cc1I. The number of halogens is 1. The molecular weight excluding hydrogens is 475 g/mol. The normalized spacial score (nSPS) is 15.9. The smallest absolute Gasteiger partial charge is 0.224 e. The molecule has 2 aromatic heterocycles. The van der Waals surface area contributed by atoms with Gasteiger partial charge in [-0.2, -0.15) is 10.4 Å². The lowest BCUT2D eigenvalue weighted by Crippen LogP contribution is -2.21. The van der Waals surface area contributed by atoms with Crippen LogP contribution in [0.3, 0.4) is 0 Å². The number of allylic oxidation sites excluding steroid dienone is 1. The van der Waals surface area contributed by atoms with Gasteiger partial charge < -0.3 is 15.2 Å². The second kappa shape index (κ2) is 6.90. The summed E-state index contributed by atoms with van der Waals surface area (Å²) in [5.74, 6) is 1.10. The fraction of sp³-hybridized carbons (Fsp3) is 0.158. The molecule has 6 nitrogen and oxygen atoms in total. The van der Waals surface area contributed by atoms with Crippen LogP contribution in [0.1, 0.15) is 17.0 Å². The monoisotopic (exact) mass is 490 g/mol. The van der Waals surface area contributed by atoms with E-state index in [4.69, 9.17) is 15.2 Å². The van der Waals surface area contributed by atoms with Crippen LogP contribution in [0.5, 0.6) is 11.6 Å². The molecule has 0 amide bonds. The fourth-order valence-corrected chi connectivity index (χ4v) is 4.75. The molecule has 1 unspecified atom stereocenters. The van der Waals surface area contributed by atoms with Crippen molar-refractivity contribution in [3.05, 3.63) is 61.9 Å². The molecule has 0 aliphatic carbocycles. The quantitative estimate of drug-likeness (QED) is 0.562. The van der Waals surface area contributed by atoms with Crippen molar-refractivity contribution in [2.24, 2.45) is 12.8 Å². The maximum atomic E-state index is 9.80. The molecule has 0 fully saturated rings. The van der Waals surface area contributed by atoms with Crippen LogP contribution in [-0.2, 0) is 7.05 Å². The summed E-state index contributed by atoms with van der Waals surface area (Å²) in [5, 5.41) is 16.5. The highest BCUT2D eigenvalue weighted by Gasteiger charge is 2.37. The van der Waals surface area contributed by atoms with E-state index in [0.29, 0.717) is 11.5 Å². The molecule has 8 heteroatoms. The van der Waals surface area contributed by atoms with Crippen LogP contribution in [-0.4, -0.2) is 16.9 Å². The van der Waals surface area contributed by atoms with E-state index in [-0.39, 0.29) is 11.8 Å². The van der Waals surface area contributed by atoms with Crippen LogP contribution in [0.15, 0.2) is 47.2 Å². The van der Waals surface area contributed by atoms with Crippen LogP contribution in [0.2, 0.25) is 0 Å². The van der Waals surface area contributed by atoms with E-state index in [1.807, 2.05) is 42.8 Å². The molecule has 1 aliphatic rings. The molecule has 4 rings (SSSR count). The Morgan fingerprint density at radius 3 is 2.85 bits per heavy atom. The van der Waals surface area contributed by atoms with Crippen molar-refractivity contribution in [3.8, 4) is 28.3 Å². The molecule has 0 saturated heterocycles. The van der Waals surface area contributed by atoms with Crippen molar-refractivity contribution in [3.63, 3.8) is 0 Å². The van der Waals surface area contributed by atoms with Gasteiger partial charge in [-0.3, -0.25) is 0 Å². The Balaban J connectivity index is 1.98. The van der Waals surface area contributed by atoms with Crippen molar-refractivity contribution >= 4 is 33.9 Å². The summed E-state index contributed by atoms with van der Waals surface area (Å²) < 4.78 is 13.8. The summed E-state index contributed by atoms with van der Waals surface area (Å²) in [7, 11) is 3.45. The van der Waals surface area contributed by atoms with Gasteiger partial charge >= 0.3 is 0 Å². The van der Waals surface area contributed by atoms with Gasteiger partial charge in [0.15, 0.2) is 0 Å². The number of nitrogens with zero attached hydrogens (tertiary/aromatic N) is 3. The highest BCUT2D eigenvalue weighted by molar-refractivity contribution is 14.1. The van der Waals surface area contributed by atoms with Crippen LogP contribution in [0.25, 0.3) is 10.6 Å². The third-order valence-corrected chi connectivity index (χ3v) is 6.18. The van der Waals surface area contributed by atoms with Gasteiger partial charge in [0, 0.05) is 7.05 Å². The zero-order chi connectivity index (χ0) is 19.1. The summed E-state index contributed by atoms with van der Waals surface area (Å²) >= 11 is 3.82. The van der Waals surface area contributed by atoms with Crippen molar-refractivity contribution < 1.29 is 9.47 Å². The molecule has 136 valence electrons. The fourth-order valence-electron chi connectivity index (χ4n) is 3.26. The number of hydrogen-bond acceptors (Lipinski definition) is 6. The van der Waals surface area contributed by atoms with E-state index in [2.05, 4.69) is 33.8 Å². The first-order chi connectivity index (χ1) is 13.0. The largest absolute Gasteiger partial charge is 0.496 e. The van der Waals surface area contributed by atoms with Gasteiger partial charge in [0.25, 0.3) is 0 Å². The van der Waals surface area contributed by atoms with Crippen molar-refractivity contribution in [2.75, 3.05) is 7.11 Å². The molecule has 0 spiro atoms. The number of nitriles is 1. The van der Waals surface area contributed by atoms with Crippen LogP contribution < -0.4 is 15.2 Å². The van der Waals surface area contributed by atoms with Gasteiger partial charge in [0.1, 0.15) is 23.1 Å². The molecule has 1 aromatic carbocycles. The summed E-state index contributed by atoms with van der Waals surface area (Å²) in [6, 6.07) is 12.1. The van der Waals surface area contributed by atoms with E-state index < -0.39 is 0 Å². The minimum atomic E-state index is -0.357. The lowest BCUT2D eigenvalue weighted by atomic mass is 9.84. The van der Waals surface area contributed by atoms with E-state index >= 15 is 0 Å². The predicted octanol–water partition coefficient (Wildman–Crippen LogP) is 3.98. The number of benzene rings is 1. The molecule has 27 heavy (non-hydrogen) atoms. The van der Waals surface area contributed by atoms with Crippen LogP contribution >= 0.6 is 33.9 Å². The number of methoxy groups -OCH3 is 1. The Labute approximate surface area is 174 Å². The van der Waals surface area contributed by atoms with Gasteiger partial charge in [0.05, 0.1) is 27.0 Å². The first-order valence-corrected chi connectivity index (χ1v) is 10.0. The van der Waals surface area contributed by atoms with Crippen LogP contribution in [0, 0.1) is 14.9 Å². The first kappa shape index (κ1) is 17.9. The molecule has 3 heterocycles. The number of fused-ring (bicyclic) bond motifs is 1. The lowest BCUT2D eigenvalue weighted by Gasteiger charge is -2.25. The molecule has 1 atom stereocenters. The number of aryl methyl sites for hydroxylation is 1. The number of ether oxygens (including phenoxy) is 2. The number of hydrogen-bond donors (Lipinski definition) is 1. The maximum absolute atomic E-state index is 9.80. The first-order valence-electron chi connectivity index (χ1n) is 8.07. The van der Waals surface area contributed by atoms with Gasteiger partial charge in [-0.25, -0.2) is 4.68 Å². The third kappa shape index (κ3) is 2.87. The number of aromatic nitrogens is 2. The van der Waals surface area contributed by atoms with E-state index in [1.54, 1.807) is 23.1 Å². The molecule has 1 aliphatic heterocycles. The zero-order valence-corrected chi connectivity index (χ0v) is 17.5. The topological polar surface area (TPSA) is 86.1 Å². The highest BCUT2D eigenvalue weighted by Crippen LogP contribution is 2.47. The minimum absolute atomic E-state index is 0.113. The molecule has 0 radical (unpaired) electrons. The Bertz CT molecular complexity index is 1100. The highest BCUT2D eigenvalue weighted by atomic mass is 127. The van der Waals surface area contributed by atoms with Crippen LogP contribution in [0.4, 0.5) is 0 Å². The maximum Gasteiger partial charge on any atom is 0.224 e. The van der Waals surface area contributed by atoms with E-state index in [0.717, 1.165) is 31.0 Å². The lowest BCUT2D eigenvalue weighted by molar-refractivity contribution is 0.358. The van der Waals surface area contributed by atoms with Gasteiger partial charge in [-0.15, -0.1) is 11.3 Å². The minimum Gasteiger partial charge on any atom is -0.496 e. The summed E-state index contributed by atoms with van der Waals surface area (Å²) in [4.78, 5) is 1.02. The average Bonchev–Trinajstić information content (AvgIpc) is 3.29. The molecule has 0 bridgehead atoms. The van der Waals surface area contributed by atoms with Gasteiger partial charge in [-0.1, -0.05) is 12.1 Å². The van der Waals surface area contributed by atoms with Gasteiger partial charge in [0.2, 0.25) is 11.8 Å². The molecular formula is C19H15IN4O2S. The second-order valence-electron chi connectivity index (χ2n) is 5.99. The number of nitrogens with two attached hydrogens (primary N) is 1. The summed E-state index contributed by atoms with van der Waals surface area (Å²) in [5.41, 5.74) is 9.07. The van der Waals surface area contributed by atoms with E-state index in [1.165, 1.54) is 0 Å². The second-order valence-corrected chi connectivity index (χ2v) is 8.10. The molecule has 3 aromatic rings. The van der Waals surface area contributed by atoms with Crippen molar-refractivity contribution in [1.29, 1.82) is 5.26 Å². The predicted molar refractivity (Wildman–Crippen MR) is 112 cm³/mol. The summed E-state index contributed by atoms with van der Waals surface area (Å²) in [6.07, 6.45) is 0. The standard InChI is InChI=1S/C19H15IN4O2S/c1-24-19-16(17(23-24)14-4-3-7-27-14)15(11(9-21)18(22)26-19)10-5-6-13(25-2)12(20)8-10/h3-8,15H,22H2,1-2H3. The summed E-state index contributed by atoms with van der Waals surface area (Å²) in [6.45, 7) is 0. The Morgan fingerprint density at radius 2 is 2.22 bits per heavy atom. The Hall–Kier alpha value is -2.51. The van der Waals surface area contributed by atoms with Crippen molar-refractivity contribution in [1.82, 2.24) is 9.78 Å². The zero-order valence-electron chi connectivity index (χ0n) is 14.6. The van der Waals surface area contributed by atoms with E-state index in [9.17, 15) is 5.26 Å². The van der Waals surface area contributed by atoms with Gasteiger partial charge in [-0.05, 0) is 51.7 Å². The molecule has 2 N–H and O–H groups in total. The Morgan fingerprint density at radius 1 is 1.41 bits per heavy atom. The average molecular weight is 490 g/mol. The number of thiophene rings is 1.